The zero-order chi connectivity index (χ0) is 13.0. The number of carboxylic acids is 1. The molecule has 1 aromatic rings. The predicted molar refractivity (Wildman–Crippen MR) is 70.2 cm³/mol. The molecular weight excluding hydrogens is 252 g/mol. The van der Waals surface area contributed by atoms with Crippen LogP contribution in [0.5, 0.6) is 5.75 Å². The largest absolute Gasteiger partial charge is 0.493 e. The molecule has 98 valence electrons. The molecule has 18 heavy (non-hydrogen) atoms. The van der Waals surface area contributed by atoms with Crippen molar-refractivity contribution in [2.75, 3.05) is 6.61 Å². The van der Waals surface area contributed by atoms with Crippen LogP contribution in [0.1, 0.15) is 31.2 Å². The van der Waals surface area contributed by atoms with Crippen LogP contribution in [0.25, 0.3) is 0 Å². The summed E-state index contributed by atoms with van der Waals surface area (Å²) in [6.45, 7) is 0.758. The number of hydrogen-bond acceptors (Lipinski definition) is 2. The van der Waals surface area contributed by atoms with Gasteiger partial charge in [0.1, 0.15) is 5.75 Å². The summed E-state index contributed by atoms with van der Waals surface area (Å²) in [4.78, 5) is 10.5. The Morgan fingerprint density at radius 3 is 2.89 bits per heavy atom. The number of halogens is 1. The van der Waals surface area contributed by atoms with Crippen LogP contribution in [-0.4, -0.2) is 17.7 Å². The monoisotopic (exact) mass is 268 g/mol. The average molecular weight is 269 g/mol. The zero-order valence-electron chi connectivity index (χ0n) is 10.2. The number of carbonyl (C=O) groups is 1. The van der Waals surface area contributed by atoms with Gasteiger partial charge in [0.25, 0.3) is 0 Å². The molecule has 1 aliphatic rings. The highest BCUT2D eigenvalue weighted by molar-refractivity contribution is 6.30. The van der Waals surface area contributed by atoms with E-state index >= 15 is 0 Å². The number of ether oxygens (including phenoxy) is 1. The SMILES string of the molecule is O=C(O)CCCc1cc(Cl)ccc1OCC1CC1. The predicted octanol–water partition coefficient (Wildman–Crippen LogP) is 3.54. The Morgan fingerprint density at radius 1 is 1.44 bits per heavy atom. The first kappa shape index (κ1) is 13.2. The van der Waals surface area contributed by atoms with Crippen LogP contribution in [-0.2, 0) is 11.2 Å². The molecule has 0 aliphatic heterocycles. The van der Waals surface area contributed by atoms with E-state index in [4.69, 9.17) is 21.4 Å². The van der Waals surface area contributed by atoms with Crippen LogP contribution in [0.4, 0.5) is 0 Å². The molecule has 1 fully saturated rings. The topological polar surface area (TPSA) is 46.5 Å². The van der Waals surface area contributed by atoms with Crippen molar-refractivity contribution < 1.29 is 14.6 Å². The van der Waals surface area contributed by atoms with Crippen molar-refractivity contribution in [1.29, 1.82) is 0 Å². The number of carboxylic acid groups (broad SMARTS) is 1. The Hall–Kier alpha value is -1.22. The molecule has 1 N–H and O–H groups in total. The fourth-order valence-corrected chi connectivity index (χ4v) is 2.00. The van der Waals surface area contributed by atoms with Crippen molar-refractivity contribution in [1.82, 2.24) is 0 Å². The van der Waals surface area contributed by atoms with Crippen LogP contribution in [0.2, 0.25) is 5.02 Å². The molecule has 4 heteroatoms. The lowest BCUT2D eigenvalue weighted by Gasteiger charge is -2.11. The lowest BCUT2D eigenvalue weighted by Crippen LogP contribution is -2.03. The maximum absolute atomic E-state index is 10.5. The number of aliphatic carboxylic acids is 1. The van der Waals surface area contributed by atoms with E-state index in [0.29, 0.717) is 23.8 Å². The summed E-state index contributed by atoms with van der Waals surface area (Å²) in [5.74, 6) is 0.779. The fourth-order valence-electron chi connectivity index (χ4n) is 1.81. The molecule has 0 aromatic heterocycles. The summed E-state index contributed by atoms with van der Waals surface area (Å²) in [5, 5.41) is 9.31. The minimum absolute atomic E-state index is 0.175. The second-order valence-electron chi connectivity index (χ2n) is 4.75. The van der Waals surface area contributed by atoms with E-state index in [9.17, 15) is 4.79 Å². The Kier molecular flexibility index (Phi) is 4.48. The van der Waals surface area contributed by atoms with Crippen LogP contribution in [0.3, 0.4) is 0 Å². The minimum Gasteiger partial charge on any atom is -0.493 e. The van der Waals surface area contributed by atoms with Gasteiger partial charge in [0, 0.05) is 11.4 Å². The first-order valence-electron chi connectivity index (χ1n) is 6.28. The molecule has 0 unspecified atom stereocenters. The molecule has 2 rings (SSSR count). The van der Waals surface area contributed by atoms with E-state index in [1.165, 1.54) is 12.8 Å². The Bertz CT molecular complexity index is 427. The molecular formula is C14H17ClO3. The number of aryl methyl sites for hydroxylation is 1. The van der Waals surface area contributed by atoms with Gasteiger partial charge in [-0.1, -0.05) is 11.6 Å². The third kappa shape index (κ3) is 4.22. The van der Waals surface area contributed by atoms with Gasteiger partial charge in [0.2, 0.25) is 0 Å². The first-order chi connectivity index (χ1) is 8.65. The third-order valence-electron chi connectivity index (χ3n) is 3.03. The van der Waals surface area contributed by atoms with Crippen molar-refractivity contribution in [3.05, 3.63) is 28.8 Å². The Labute approximate surface area is 112 Å². The number of rotatable bonds is 7. The van der Waals surface area contributed by atoms with Gasteiger partial charge in [-0.25, -0.2) is 0 Å². The van der Waals surface area contributed by atoms with Crippen molar-refractivity contribution in [3.63, 3.8) is 0 Å². The van der Waals surface area contributed by atoms with Crippen molar-refractivity contribution >= 4 is 17.6 Å². The van der Waals surface area contributed by atoms with E-state index < -0.39 is 5.97 Å². The lowest BCUT2D eigenvalue weighted by atomic mass is 10.1. The zero-order valence-corrected chi connectivity index (χ0v) is 10.9. The van der Waals surface area contributed by atoms with Gasteiger partial charge in [-0.3, -0.25) is 4.79 Å². The quantitative estimate of drug-likeness (QED) is 0.823. The van der Waals surface area contributed by atoms with Gasteiger partial charge >= 0.3 is 5.97 Å². The molecule has 0 amide bonds. The van der Waals surface area contributed by atoms with Gasteiger partial charge in [-0.15, -0.1) is 0 Å². The molecule has 1 aromatic carbocycles. The molecule has 0 radical (unpaired) electrons. The Balaban J connectivity index is 1.95. The fraction of sp³-hybridized carbons (Fsp3) is 0.500. The number of hydrogen-bond donors (Lipinski definition) is 1. The highest BCUT2D eigenvalue weighted by Crippen LogP contribution is 2.31. The maximum Gasteiger partial charge on any atom is 0.303 e. The van der Waals surface area contributed by atoms with Gasteiger partial charge in [-0.2, -0.15) is 0 Å². The van der Waals surface area contributed by atoms with Crippen molar-refractivity contribution in [2.45, 2.75) is 32.1 Å². The summed E-state index contributed by atoms with van der Waals surface area (Å²) in [5.41, 5.74) is 1.00. The summed E-state index contributed by atoms with van der Waals surface area (Å²) >= 11 is 5.96. The lowest BCUT2D eigenvalue weighted by molar-refractivity contribution is -0.137. The molecule has 0 heterocycles. The van der Waals surface area contributed by atoms with Crippen LogP contribution in [0, 0.1) is 5.92 Å². The molecule has 0 bridgehead atoms. The van der Waals surface area contributed by atoms with E-state index in [0.717, 1.165) is 17.9 Å². The van der Waals surface area contributed by atoms with Gasteiger partial charge in [0.15, 0.2) is 0 Å². The molecule has 0 atom stereocenters. The second kappa shape index (κ2) is 6.10. The van der Waals surface area contributed by atoms with Crippen LogP contribution < -0.4 is 4.74 Å². The van der Waals surface area contributed by atoms with E-state index in [-0.39, 0.29) is 6.42 Å². The molecule has 0 saturated heterocycles. The van der Waals surface area contributed by atoms with Crippen LogP contribution >= 0.6 is 11.6 Å². The van der Waals surface area contributed by atoms with Crippen LogP contribution in [0.15, 0.2) is 18.2 Å². The van der Waals surface area contributed by atoms with Crippen molar-refractivity contribution in [2.24, 2.45) is 5.92 Å². The summed E-state index contributed by atoms with van der Waals surface area (Å²) in [6.07, 6.45) is 3.97. The summed E-state index contributed by atoms with van der Waals surface area (Å²) in [6, 6.07) is 5.55. The van der Waals surface area contributed by atoms with E-state index in [2.05, 4.69) is 0 Å². The standard InChI is InChI=1S/C14H17ClO3/c15-12-6-7-13(18-9-10-4-5-10)11(8-12)2-1-3-14(16)17/h6-8,10H,1-5,9H2,(H,16,17). The van der Waals surface area contributed by atoms with Gasteiger partial charge < -0.3 is 9.84 Å². The first-order valence-corrected chi connectivity index (χ1v) is 6.66. The highest BCUT2D eigenvalue weighted by atomic mass is 35.5. The minimum atomic E-state index is -0.766. The highest BCUT2D eigenvalue weighted by Gasteiger charge is 2.22. The summed E-state index contributed by atoms with van der Waals surface area (Å²) in [7, 11) is 0. The number of benzene rings is 1. The second-order valence-corrected chi connectivity index (χ2v) is 5.19. The van der Waals surface area contributed by atoms with Crippen molar-refractivity contribution in [3.8, 4) is 5.75 Å². The van der Waals surface area contributed by atoms with Gasteiger partial charge in [-0.05, 0) is 55.4 Å². The third-order valence-corrected chi connectivity index (χ3v) is 3.27. The molecule has 3 nitrogen and oxygen atoms in total. The van der Waals surface area contributed by atoms with E-state index in [1.54, 1.807) is 0 Å². The normalized spacial score (nSPS) is 14.5. The van der Waals surface area contributed by atoms with E-state index in [1.807, 2.05) is 18.2 Å². The molecule has 1 saturated carbocycles. The average Bonchev–Trinajstić information content (AvgIpc) is 3.11. The van der Waals surface area contributed by atoms with Gasteiger partial charge in [0.05, 0.1) is 6.61 Å². The summed E-state index contributed by atoms with van der Waals surface area (Å²) < 4.78 is 5.77. The molecule has 0 spiro atoms. The smallest absolute Gasteiger partial charge is 0.303 e. The molecule has 1 aliphatic carbocycles. The maximum atomic E-state index is 10.5. The Morgan fingerprint density at radius 2 is 2.22 bits per heavy atom.